The Morgan fingerprint density at radius 2 is 1.79 bits per heavy atom. The Bertz CT molecular complexity index is 582. The van der Waals surface area contributed by atoms with Gasteiger partial charge in [0.1, 0.15) is 5.60 Å². The van der Waals surface area contributed by atoms with Crippen molar-refractivity contribution in [2.24, 2.45) is 0 Å². The summed E-state index contributed by atoms with van der Waals surface area (Å²) in [7, 11) is 3.31. The van der Waals surface area contributed by atoms with E-state index in [0.717, 1.165) is 11.4 Å². The highest BCUT2D eigenvalue weighted by molar-refractivity contribution is 14.1. The van der Waals surface area contributed by atoms with Crippen LogP contribution < -0.4 is 0 Å². The number of rotatable bonds is 10. The Hall–Kier alpha value is -0.0300. The molecule has 1 amide bonds. The molecule has 0 aromatic heterocycles. The van der Waals surface area contributed by atoms with Crippen molar-refractivity contribution in [3.05, 3.63) is 0 Å². The molecule has 0 aliphatic carbocycles. The summed E-state index contributed by atoms with van der Waals surface area (Å²) >= 11 is 3.10. The molecule has 0 aromatic carbocycles. The molecule has 11 heteroatoms. The quantitative estimate of drug-likeness (QED) is 0.165. The molecule has 28 heavy (non-hydrogen) atoms. The van der Waals surface area contributed by atoms with Gasteiger partial charge in [-0.2, -0.15) is 2.47 Å². The third-order valence-corrected chi connectivity index (χ3v) is 12.4. The largest absolute Gasteiger partial charge is 0.459 e. The van der Waals surface area contributed by atoms with Gasteiger partial charge in [0.05, 0.1) is 19.8 Å². The molecule has 0 aromatic rings. The normalized spacial score (nSPS) is 17.4. The number of ether oxygens (including phenoxy) is 2. The monoisotopic (exact) mass is 553 g/mol. The highest BCUT2D eigenvalue weighted by atomic mass is 127. The summed E-state index contributed by atoms with van der Waals surface area (Å²) < 4.78 is 29.7. The number of quaternary nitrogens is 1. The molecule has 0 saturated carbocycles. The molecule has 0 saturated heterocycles. The Morgan fingerprint density at radius 3 is 2.21 bits per heavy atom. The number of carbonyl (C=O) groups excluding carboxylic acids is 2. The molecule has 0 aliphatic rings. The molecule has 3 atom stereocenters. The molecule has 0 N–H and O–H groups in total. The van der Waals surface area contributed by atoms with E-state index in [1.165, 1.54) is 4.90 Å². The van der Waals surface area contributed by atoms with Gasteiger partial charge in [0.15, 0.2) is 6.04 Å². The van der Waals surface area contributed by atoms with Gasteiger partial charge in [-0.05, 0) is 59.8 Å². The first-order valence-corrected chi connectivity index (χ1v) is 13.3. The first-order valence-electron chi connectivity index (χ1n) is 9.17. The van der Waals surface area contributed by atoms with Crippen molar-refractivity contribution < 1.29 is 30.6 Å². The topological polar surface area (TPSA) is 82.1 Å². The Labute approximate surface area is 187 Å². The zero-order chi connectivity index (χ0) is 22.3. The number of likely N-dealkylation sites (N-methyl/N-ethyl adjacent to an activating group) is 1. The predicted molar refractivity (Wildman–Crippen MR) is 121 cm³/mol. The summed E-state index contributed by atoms with van der Waals surface area (Å²) in [6.45, 7) is 9.60. The molecule has 166 valence electrons. The van der Waals surface area contributed by atoms with Gasteiger partial charge in [-0.25, -0.2) is 14.2 Å². The number of carbonyl (C=O) groups is 2. The molecule has 0 heterocycles. The molecule has 0 fully saturated rings. The summed E-state index contributed by atoms with van der Waals surface area (Å²) in [6, 6.07) is -0.684. The lowest BCUT2D eigenvalue weighted by molar-refractivity contribution is -0.621. The van der Waals surface area contributed by atoms with Gasteiger partial charge in [-0.3, -0.25) is 4.52 Å². The van der Waals surface area contributed by atoms with Gasteiger partial charge < -0.3 is 14.4 Å². The van der Waals surface area contributed by atoms with Gasteiger partial charge >= 0.3 is 18.8 Å². The minimum atomic E-state index is -3.34. The van der Waals surface area contributed by atoms with Gasteiger partial charge in [0.2, 0.25) is 0 Å². The van der Waals surface area contributed by atoms with Crippen LogP contribution in [0.15, 0.2) is 0 Å². The highest BCUT2D eigenvalue weighted by Crippen LogP contribution is 2.69. The molecule has 8 nitrogen and oxygen atoms in total. The number of nitrogens with zero attached hydrogens (tertiary/aromatic N) is 2. The Balaban J connectivity index is 5.13. The molecule has 2 unspecified atom stereocenters. The van der Waals surface area contributed by atoms with Gasteiger partial charge in [-0.15, -0.1) is 0 Å². The molecule has 0 rings (SSSR count). The molecular weight excluding hydrogens is 518 g/mol. The van der Waals surface area contributed by atoms with Crippen LogP contribution in [0.2, 0.25) is 0 Å². The van der Waals surface area contributed by atoms with Crippen LogP contribution in [0.25, 0.3) is 0 Å². The van der Waals surface area contributed by atoms with Gasteiger partial charge in [-0.1, -0.05) is 0 Å². The number of hydrogen-bond donors (Lipinski definition) is 0. The summed E-state index contributed by atoms with van der Waals surface area (Å²) in [5.41, 5.74) is -0.580. The fourth-order valence-electron chi connectivity index (χ4n) is 1.89. The summed E-state index contributed by atoms with van der Waals surface area (Å²) in [6.07, 6.45) is -0.701. The molecule has 0 spiro atoms. The first-order chi connectivity index (χ1) is 12.6. The first kappa shape index (κ1) is 28.0. The maximum Gasteiger partial charge on any atom is 0.449 e. The smallest absolute Gasteiger partial charge is 0.449 e. The average molecular weight is 553 g/mol. The van der Waals surface area contributed by atoms with E-state index in [1.807, 2.05) is 22.9 Å². The van der Waals surface area contributed by atoms with Crippen LogP contribution in [0.1, 0.15) is 48.5 Å². The van der Waals surface area contributed by atoms with E-state index in [1.54, 1.807) is 62.6 Å². The fraction of sp³-hybridized carbons (Fsp3) is 0.882. The van der Waals surface area contributed by atoms with E-state index >= 15 is 0 Å². The van der Waals surface area contributed by atoms with Crippen molar-refractivity contribution in [3.8, 4) is 0 Å². The van der Waals surface area contributed by atoms with E-state index in [4.69, 9.17) is 14.0 Å². The van der Waals surface area contributed by atoms with Crippen molar-refractivity contribution in [1.29, 1.82) is 0 Å². The van der Waals surface area contributed by atoms with E-state index < -0.39 is 30.4 Å². The third kappa shape index (κ3) is 8.77. The summed E-state index contributed by atoms with van der Waals surface area (Å²) in [5, 5.41) is 0. The second-order valence-corrected chi connectivity index (χ2v) is 15.3. The predicted octanol–water partition coefficient (Wildman–Crippen LogP) is 4.87. The van der Waals surface area contributed by atoms with Crippen molar-refractivity contribution >= 4 is 53.0 Å². The fourth-order valence-corrected chi connectivity index (χ4v) is 8.14. The van der Waals surface area contributed by atoms with E-state index in [-0.39, 0.29) is 15.2 Å². The molecule has 0 radical (unpaired) electrons. The number of halogens is 1. The Morgan fingerprint density at radius 1 is 1.25 bits per heavy atom. The van der Waals surface area contributed by atoms with Crippen LogP contribution in [0.3, 0.4) is 0 Å². The van der Waals surface area contributed by atoms with Crippen molar-refractivity contribution in [2.45, 2.75) is 66.2 Å². The lowest BCUT2D eigenvalue weighted by Gasteiger charge is -2.36. The van der Waals surface area contributed by atoms with Crippen LogP contribution >= 0.6 is 41.0 Å². The van der Waals surface area contributed by atoms with Crippen molar-refractivity contribution in [3.63, 3.8) is 0 Å². The van der Waals surface area contributed by atoms with Crippen LogP contribution in [0, 0.1) is 0 Å². The maximum atomic E-state index is 13.6. The Kier molecular flexibility index (Phi) is 11.4. The minimum absolute atomic E-state index is 0.176. The van der Waals surface area contributed by atoms with Crippen molar-refractivity contribution in [2.75, 3.05) is 33.0 Å². The molecule has 0 bridgehead atoms. The average Bonchev–Trinajstić information content (AvgIpc) is 2.51. The third-order valence-electron chi connectivity index (χ3n) is 3.56. The van der Waals surface area contributed by atoms with Crippen LogP contribution in [0.4, 0.5) is 4.79 Å². The van der Waals surface area contributed by atoms with Crippen LogP contribution in [0.5, 0.6) is 0 Å². The van der Waals surface area contributed by atoms with E-state index in [2.05, 4.69) is 0 Å². The second-order valence-electron chi connectivity index (χ2n) is 7.70. The second kappa shape index (κ2) is 11.4. The number of hydrogen-bond acceptors (Lipinski definition) is 7. The zero-order valence-corrected chi connectivity index (χ0v) is 22.2. The van der Waals surface area contributed by atoms with Gasteiger partial charge in [0, 0.05) is 19.3 Å². The summed E-state index contributed by atoms with van der Waals surface area (Å²) in [5.74, 6) is -0.0613. The lowest BCUT2D eigenvalue weighted by atomic mass is 10.2. The lowest BCUT2D eigenvalue weighted by Crippen LogP contribution is -2.45. The SMILES string of the molecule is CCOP(=O)(SCCN(C)C(=O)OC(C)(C)C)[N+](C)(I)[C@H](C)C(=O)OC(C)C. The standard InChI is InChI=1S/C17H35IN2O6PS/c1-10-24-27(23,20(9,18)14(4)15(21)25-13(2)3)28-12-11-19(8)16(22)26-17(5,6)7/h13-14H,10-12H2,1-9H3/q+1/t14-,20?,27?/m1/s1. The zero-order valence-electron chi connectivity index (χ0n) is 18.4. The molecular formula is C17H35IN2O6PS+. The van der Waals surface area contributed by atoms with Crippen molar-refractivity contribution in [1.82, 2.24) is 4.90 Å². The maximum absolute atomic E-state index is 13.6. The highest BCUT2D eigenvalue weighted by Gasteiger charge is 2.52. The summed E-state index contributed by atoms with van der Waals surface area (Å²) in [4.78, 5) is 25.9. The van der Waals surface area contributed by atoms with E-state index in [0.29, 0.717) is 12.3 Å². The number of amides is 1. The van der Waals surface area contributed by atoms with Crippen LogP contribution in [-0.4, -0.2) is 70.2 Å². The van der Waals surface area contributed by atoms with Crippen LogP contribution in [-0.2, 0) is 23.4 Å². The van der Waals surface area contributed by atoms with Gasteiger partial charge in [0.25, 0.3) is 22.9 Å². The number of esters is 1. The minimum Gasteiger partial charge on any atom is -0.459 e. The molecule has 0 aliphatic heterocycles. The van der Waals surface area contributed by atoms with E-state index in [9.17, 15) is 14.2 Å².